The van der Waals surface area contributed by atoms with Gasteiger partial charge in [-0.3, -0.25) is 4.79 Å². The Bertz CT molecular complexity index is 665. The van der Waals surface area contributed by atoms with Gasteiger partial charge in [-0.15, -0.1) is 11.3 Å². The molecule has 1 unspecified atom stereocenters. The summed E-state index contributed by atoms with van der Waals surface area (Å²) in [4.78, 5) is 13.2. The summed E-state index contributed by atoms with van der Waals surface area (Å²) in [5.74, 6) is -0.0992. The van der Waals surface area contributed by atoms with Crippen molar-refractivity contribution in [3.05, 3.63) is 45.6 Å². The van der Waals surface area contributed by atoms with Gasteiger partial charge < -0.3 is 16.4 Å². The van der Waals surface area contributed by atoms with Gasteiger partial charge in [0.15, 0.2) is 0 Å². The summed E-state index contributed by atoms with van der Waals surface area (Å²) in [6.07, 6.45) is 3.44. The first kappa shape index (κ1) is 13.9. The third kappa shape index (κ3) is 2.74. The minimum atomic E-state index is -0.0992. The van der Waals surface area contributed by atoms with Crippen LogP contribution in [0.25, 0.3) is 0 Å². The van der Waals surface area contributed by atoms with Crippen molar-refractivity contribution in [3.8, 4) is 0 Å². The molecule has 1 aromatic carbocycles. The second-order valence-electron chi connectivity index (χ2n) is 5.27. The molecule has 0 bridgehead atoms. The molecule has 1 atom stereocenters. The number of thiophene rings is 1. The number of rotatable bonds is 3. The van der Waals surface area contributed by atoms with Gasteiger partial charge in [0.1, 0.15) is 0 Å². The predicted octanol–water partition coefficient (Wildman–Crippen LogP) is 3.18. The van der Waals surface area contributed by atoms with Crippen molar-refractivity contribution in [1.82, 2.24) is 5.32 Å². The van der Waals surface area contributed by atoms with Gasteiger partial charge in [-0.2, -0.15) is 0 Å². The Labute approximate surface area is 128 Å². The maximum Gasteiger partial charge on any atom is 0.251 e. The zero-order valence-electron chi connectivity index (χ0n) is 12.0. The molecule has 0 saturated carbocycles. The van der Waals surface area contributed by atoms with Crippen LogP contribution >= 0.6 is 11.3 Å². The Balaban J connectivity index is 1.87. The van der Waals surface area contributed by atoms with Gasteiger partial charge in [-0.05, 0) is 54.5 Å². The number of nitrogen functional groups attached to an aromatic ring is 1. The summed E-state index contributed by atoms with van der Waals surface area (Å²) in [6.45, 7) is 0. The van der Waals surface area contributed by atoms with Crippen LogP contribution in [0.2, 0.25) is 0 Å². The Kier molecular flexibility index (Phi) is 3.84. The largest absolute Gasteiger partial charge is 0.397 e. The first-order valence-electron chi connectivity index (χ1n) is 7.13. The van der Waals surface area contributed by atoms with Crippen molar-refractivity contribution in [2.24, 2.45) is 0 Å². The summed E-state index contributed by atoms with van der Waals surface area (Å²) in [5, 5.41) is 8.30. The number of benzene rings is 1. The van der Waals surface area contributed by atoms with E-state index in [9.17, 15) is 4.79 Å². The predicted molar refractivity (Wildman–Crippen MR) is 87.9 cm³/mol. The van der Waals surface area contributed by atoms with Crippen LogP contribution in [0.1, 0.15) is 39.7 Å². The molecule has 0 aliphatic heterocycles. The van der Waals surface area contributed by atoms with Gasteiger partial charge >= 0.3 is 0 Å². The molecule has 2 aromatic rings. The number of carbonyl (C=O) groups is 1. The van der Waals surface area contributed by atoms with E-state index in [0.29, 0.717) is 11.3 Å². The number of hydrogen-bond acceptors (Lipinski definition) is 4. The van der Waals surface area contributed by atoms with E-state index in [4.69, 9.17) is 5.73 Å². The van der Waals surface area contributed by atoms with Crippen molar-refractivity contribution in [3.63, 3.8) is 0 Å². The average Bonchev–Trinajstić information content (AvgIpc) is 2.98. The fourth-order valence-electron chi connectivity index (χ4n) is 2.79. The van der Waals surface area contributed by atoms with Gasteiger partial charge in [0.2, 0.25) is 0 Å². The Morgan fingerprint density at radius 3 is 3.05 bits per heavy atom. The van der Waals surface area contributed by atoms with E-state index in [1.807, 2.05) is 17.4 Å². The molecule has 1 amide bonds. The van der Waals surface area contributed by atoms with Crippen LogP contribution in [0.5, 0.6) is 0 Å². The quantitative estimate of drug-likeness (QED) is 0.763. The van der Waals surface area contributed by atoms with Crippen LogP contribution in [-0.2, 0) is 6.42 Å². The second kappa shape index (κ2) is 5.77. The van der Waals surface area contributed by atoms with Crippen LogP contribution in [0, 0.1) is 0 Å². The number of anilines is 2. The number of hydrogen-bond donors (Lipinski definition) is 3. The highest BCUT2D eigenvalue weighted by atomic mass is 32.1. The number of amides is 1. The summed E-state index contributed by atoms with van der Waals surface area (Å²) in [7, 11) is 1.63. The highest BCUT2D eigenvalue weighted by molar-refractivity contribution is 7.10. The lowest BCUT2D eigenvalue weighted by molar-refractivity contribution is 0.0963. The molecule has 1 heterocycles. The second-order valence-corrected chi connectivity index (χ2v) is 6.27. The molecule has 1 aliphatic carbocycles. The molecular formula is C16H19N3OS. The maximum atomic E-state index is 11.7. The molecule has 1 aromatic heterocycles. The van der Waals surface area contributed by atoms with Crippen LogP contribution in [-0.4, -0.2) is 13.0 Å². The highest BCUT2D eigenvalue weighted by Crippen LogP contribution is 2.36. The Morgan fingerprint density at radius 2 is 2.24 bits per heavy atom. The number of nitrogens with one attached hydrogen (secondary N) is 2. The van der Waals surface area contributed by atoms with Crippen LogP contribution in [0.3, 0.4) is 0 Å². The van der Waals surface area contributed by atoms with Gasteiger partial charge in [0, 0.05) is 17.5 Å². The Hall–Kier alpha value is -2.01. The lowest BCUT2D eigenvalue weighted by Gasteiger charge is -2.25. The SMILES string of the molecule is CNC(=O)c1ccc(N)c(NC2CCCc3sccc32)c1. The lowest BCUT2D eigenvalue weighted by atomic mass is 9.93. The zero-order valence-corrected chi connectivity index (χ0v) is 12.8. The fraction of sp³-hybridized carbons (Fsp3) is 0.312. The van der Waals surface area contributed by atoms with Crippen molar-refractivity contribution < 1.29 is 4.79 Å². The maximum absolute atomic E-state index is 11.7. The van der Waals surface area contributed by atoms with E-state index in [1.165, 1.54) is 23.3 Å². The van der Waals surface area contributed by atoms with E-state index in [0.717, 1.165) is 12.1 Å². The molecule has 5 heteroatoms. The lowest BCUT2D eigenvalue weighted by Crippen LogP contribution is -2.19. The molecule has 0 spiro atoms. The number of aryl methyl sites for hydroxylation is 1. The van der Waals surface area contributed by atoms with Crippen LogP contribution < -0.4 is 16.4 Å². The fourth-order valence-corrected chi connectivity index (χ4v) is 3.78. The van der Waals surface area contributed by atoms with Crippen molar-refractivity contribution in [2.75, 3.05) is 18.1 Å². The molecule has 3 rings (SSSR count). The number of carbonyl (C=O) groups excluding carboxylic acids is 1. The first-order valence-corrected chi connectivity index (χ1v) is 8.01. The molecule has 110 valence electrons. The molecule has 0 radical (unpaired) electrons. The van der Waals surface area contributed by atoms with E-state index >= 15 is 0 Å². The number of nitrogens with two attached hydrogens (primary N) is 1. The molecule has 21 heavy (non-hydrogen) atoms. The van der Waals surface area contributed by atoms with Crippen molar-refractivity contribution in [1.29, 1.82) is 0 Å². The standard InChI is InChI=1S/C16H19N3OS/c1-18-16(20)10-5-6-12(17)14(9-10)19-13-3-2-4-15-11(13)7-8-21-15/h5-9,13,19H,2-4,17H2,1H3,(H,18,20). The third-order valence-electron chi connectivity index (χ3n) is 3.92. The van der Waals surface area contributed by atoms with Crippen molar-refractivity contribution >= 4 is 28.6 Å². The van der Waals surface area contributed by atoms with Gasteiger partial charge in [-0.25, -0.2) is 0 Å². The van der Waals surface area contributed by atoms with E-state index in [-0.39, 0.29) is 11.9 Å². The monoisotopic (exact) mass is 301 g/mol. The molecule has 4 N–H and O–H groups in total. The van der Waals surface area contributed by atoms with E-state index < -0.39 is 0 Å². The van der Waals surface area contributed by atoms with E-state index in [2.05, 4.69) is 22.1 Å². The molecular weight excluding hydrogens is 282 g/mol. The molecule has 1 aliphatic rings. The number of fused-ring (bicyclic) bond motifs is 1. The molecule has 4 nitrogen and oxygen atoms in total. The summed E-state index contributed by atoms with van der Waals surface area (Å²) < 4.78 is 0. The van der Waals surface area contributed by atoms with Crippen LogP contribution in [0.4, 0.5) is 11.4 Å². The highest BCUT2D eigenvalue weighted by Gasteiger charge is 2.21. The minimum absolute atomic E-state index is 0.0992. The summed E-state index contributed by atoms with van der Waals surface area (Å²) in [6, 6.07) is 7.83. The van der Waals surface area contributed by atoms with Gasteiger partial charge in [-0.1, -0.05) is 0 Å². The normalized spacial score (nSPS) is 17.1. The summed E-state index contributed by atoms with van der Waals surface area (Å²) >= 11 is 1.82. The first-order chi connectivity index (χ1) is 10.2. The van der Waals surface area contributed by atoms with Crippen molar-refractivity contribution in [2.45, 2.75) is 25.3 Å². The van der Waals surface area contributed by atoms with Gasteiger partial charge in [0.25, 0.3) is 5.91 Å². The summed E-state index contributed by atoms with van der Waals surface area (Å²) in [5.41, 5.74) is 9.55. The van der Waals surface area contributed by atoms with E-state index in [1.54, 1.807) is 19.2 Å². The molecule has 0 fully saturated rings. The van der Waals surface area contributed by atoms with Gasteiger partial charge in [0.05, 0.1) is 17.4 Å². The average molecular weight is 301 g/mol. The molecule has 0 saturated heterocycles. The minimum Gasteiger partial charge on any atom is -0.397 e. The van der Waals surface area contributed by atoms with Crippen LogP contribution in [0.15, 0.2) is 29.6 Å². The third-order valence-corrected chi connectivity index (χ3v) is 4.92. The topological polar surface area (TPSA) is 67.2 Å². The smallest absolute Gasteiger partial charge is 0.251 e. The Morgan fingerprint density at radius 1 is 1.38 bits per heavy atom. The zero-order chi connectivity index (χ0) is 14.8.